The molecule has 1 aliphatic carbocycles. The van der Waals surface area contributed by atoms with Crippen molar-refractivity contribution in [3.05, 3.63) is 64.4 Å². The minimum Gasteiger partial charge on any atom is -0.497 e. The molecule has 1 atom stereocenters. The number of hydrogen-bond donors (Lipinski definition) is 3. The van der Waals surface area contributed by atoms with Gasteiger partial charge in [0.15, 0.2) is 5.69 Å². The maximum atomic E-state index is 14.5. The van der Waals surface area contributed by atoms with Gasteiger partial charge < -0.3 is 26.3 Å². The zero-order valence-corrected chi connectivity index (χ0v) is 21.7. The van der Waals surface area contributed by atoms with Gasteiger partial charge in [0.25, 0.3) is 11.8 Å². The van der Waals surface area contributed by atoms with Crippen molar-refractivity contribution in [1.29, 1.82) is 0 Å². The Morgan fingerprint density at radius 3 is 2.47 bits per heavy atom. The van der Waals surface area contributed by atoms with Crippen LogP contribution in [0.5, 0.6) is 11.5 Å². The summed E-state index contributed by atoms with van der Waals surface area (Å²) in [6.07, 6.45) is 3.53. The van der Waals surface area contributed by atoms with Crippen LogP contribution in [-0.2, 0) is 4.79 Å². The quantitative estimate of drug-likeness (QED) is 0.376. The van der Waals surface area contributed by atoms with Gasteiger partial charge in [-0.1, -0.05) is 18.9 Å². The topological polar surface area (TPSA) is 150 Å². The van der Waals surface area contributed by atoms with Crippen molar-refractivity contribution in [1.82, 2.24) is 9.69 Å². The molecule has 2 aromatic carbocycles. The molecule has 3 aromatic rings. The number of hydrogen-bond acceptors (Lipinski definition) is 8. The fourth-order valence-electron chi connectivity index (χ4n) is 4.55. The first-order valence-electron chi connectivity index (χ1n) is 11.9. The largest absolute Gasteiger partial charge is 0.497 e. The number of primary amides is 1. The van der Waals surface area contributed by atoms with Gasteiger partial charge in [0, 0.05) is 17.3 Å². The number of aromatic nitrogens is 1. The van der Waals surface area contributed by atoms with E-state index in [4.69, 9.17) is 20.9 Å². The van der Waals surface area contributed by atoms with E-state index in [0.717, 1.165) is 36.6 Å². The van der Waals surface area contributed by atoms with E-state index in [0.29, 0.717) is 28.6 Å². The third kappa shape index (κ3) is 5.40. The van der Waals surface area contributed by atoms with E-state index in [1.54, 1.807) is 18.2 Å². The van der Waals surface area contributed by atoms with Crippen molar-refractivity contribution in [2.45, 2.75) is 37.8 Å². The summed E-state index contributed by atoms with van der Waals surface area (Å²) >= 11 is 0.666. The number of ether oxygens (including phenoxy) is 2. The lowest BCUT2D eigenvalue weighted by Crippen LogP contribution is -2.46. The third-order valence-electron chi connectivity index (χ3n) is 6.40. The Bertz CT molecular complexity index is 1360. The fourth-order valence-corrected chi connectivity index (χ4v) is 5.29. The van der Waals surface area contributed by atoms with Crippen LogP contribution in [0, 0.1) is 5.82 Å². The summed E-state index contributed by atoms with van der Waals surface area (Å²) < 4.78 is 29.3. The molecule has 1 unspecified atom stereocenters. The molecule has 1 heterocycles. The lowest BCUT2D eigenvalue weighted by atomic mass is 10.00. The summed E-state index contributed by atoms with van der Waals surface area (Å²) in [5.74, 6) is -2.07. The first kappa shape index (κ1) is 26.9. The maximum Gasteiger partial charge on any atom is 0.273 e. The number of nitrogen functional groups attached to an aromatic ring is 1. The molecule has 1 saturated carbocycles. The highest BCUT2D eigenvalue weighted by molar-refractivity contribution is 7.09. The number of nitrogens with two attached hydrogens (primary N) is 2. The van der Waals surface area contributed by atoms with Crippen LogP contribution in [0.1, 0.15) is 57.4 Å². The minimum absolute atomic E-state index is 0.0824. The van der Waals surface area contributed by atoms with Gasteiger partial charge >= 0.3 is 0 Å². The Balaban J connectivity index is 1.93. The van der Waals surface area contributed by atoms with Crippen LogP contribution in [0.2, 0.25) is 0 Å². The van der Waals surface area contributed by atoms with E-state index >= 15 is 0 Å². The number of rotatable bonds is 9. The molecule has 1 fully saturated rings. The molecule has 1 aromatic heterocycles. The van der Waals surface area contributed by atoms with Gasteiger partial charge in [-0.3, -0.25) is 19.3 Å². The van der Waals surface area contributed by atoms with Crippen molar-refractivity contribution in [3.63, 3.8) is 0 Å². The molecule has 4 rings (SSSR count). The van der Waals surface area contributed by atoms with Crippen molar-refractivity contribution >= 4 is 40.6 Å². The molecule has 0 radical (unpaired) electrons. The standard InChI is InChI=1S/C26H28FN5O5S/c1-36-17-10-11-19(37-2)18(13-17)22(25(34)30-15-7-3-4-8-15)32(16-9-5-6-14(27)12-16)26(35)23-20(28)21(24(29)33)31-38-23/h5-6,9-13,15,22H,3-4,7-8,28H2,1-2H3,(H2,29,33)(H,30,34). The predicted molar refractivity (Wildman–Crippen MR) is 141 cm³/mol. The second-order valence-corrected chi connectivity index (χ2v) is 9.57. The molecule has 0 aliphatic heterocycles. The molecular formula is C26H28FN5O5S. The number of anilines is 2. The lowest BCUT2D eigenvalue weighted by Gasteiger charge is -2.33. The van der Waals surface area contributed by atoms with Crippen molar-refractivity contribution < 1.29 is 28.2 Å². The van der Waals surface area contributed by atoms with Crippen molar-refractivity contribution in [2.24, 2.45) is 5.73 Å². The van der Waals surface area contributed by atoms with Crippen LogP contribution in [0.4, 0.5) is 15.8 Å². The minimum atomic E-state index is -1.33. The number of nitrogens with zero attached hydrogens (tertiary/aromatic N) is 2. The van der Waals surface area contributed by atoms with E-state index < -0.39 is 29.6 Å². The normalized spacial score (nSPS) is 14.1. The zero-order chi connectivity index (χ0) is 27.4. The van der Waals surface area contributed by atoms with Gasteiger partial charge in [-0.25, -0.2) is 4.39 Å². The molecule has 5 N–H and O–H groups in total. The van der Waals surface area contributed by atoms with E-state index in [-0.39, 0.29) is 28.0 Å². The van der Waals surface area contributed by atoms with Gasteiger partial charge in [0.2, 0.25) is 5.91 Å². The Morgan fingerprint density at radius 2 is 1.87 bits per heavy atom. The van der Waals surface area contributed by atoms with Crippen LogP contribution in [0.3, 0.4) is 0 Å². The molecule has 200 valence electrons. The van der Waals surface area contributed by atoms with Crippen LogP contribution >= 0.6 is 11.5 Å². The molecular weight excluding hydrogens is 513 g/mol. The zero-order valence-electron chi connectivity index (χ0n) is 20.9. The SMILES string of the molecule is COc1ccc(OC)c(C(C(=O)NC2CCCC2)N(C(=O)c2snc(C(N)=O)c2N)c2cccc(F)c2)c1. The number of carbonyl (C=O) groups is 3. The highest BCUT2D eigenvalue weighted by Crippen LogP contribution is 2.38. The number of amides is 3. The second kappa shape index (κ2) is 11.5. The summed E-state index contributed by atoms with van der Waals surface area (Å²) in [6.45, 7) is 0. The van der Waals surface area contributed by atoms with Crippen LogP contribution in [-0.4, -0.2) is 42.4 Å². The van der Waals surface area contributed by atoms with E-state index in [9.17, 15) is 18.8 Å². The average Bonchev–Trinajstić information content (AvgIpc) is 3.55. The first-order valence-corrected chi connectivity index (χ1v) is 12.7. The Labute approximate surface area is 222 Å². The summed E-state index contributed by atoms with van der Waals surface area (Å²) in [5, 5.41) is 3.03. The van der Waals surface area contributed by atoms with Crippen LogP contribution < -0.4 is 31.2 Å². The van der Waals surface area contributed by atoms with Crippen LogP contribution in [0.15, 0.2) is 42.5 Å². The van der Waals surface area contributed by atoms with E-state index in [1.807, 2.05) is 0 Å². The molecule has 1 aliphatic rings. The van der Waals surface area contributed by atoms with Gasteiger partial charge in [-0.2, -0.15) is 4.37 Å². The van der Waals surface area contributed by atoms with Crippen LogP contribution in [0.25, 0.3) is 0 Å². The van der Waals surface area contributed by atoms with Crippen molar-refractivity contribution in [3.8, 4) is 11.5 Å². The first-order chi connectivity index (χ1) is 18.2. The third-order valence-corrected chi connectivity index (χ3v) is 7.25. The smallest absolute Gasteiger partial charge is 0.273 e. The monoisotopic (exact) mass is 541 g/mol. The molecule has 0 spiro atoms. The van der Waals surface area contributed by atoms with Gasteiger partial charge in [-0.15, -0.1) is 0 Å². The lowest BCUT2D eigenvalue weighted by molar-refractivity contribution is -0.123. The Kier molecular flexibility index (Phi) is 8.10. The van der Waals surface area contributed by atoms with Gasteiger partial charge in [-0.05, 0) is 60.8 Å². The number of carbonyl (C=O) groups excluding carboxylic acids is 3. The number of nitrogens with one attached hydrogen (secondary N) is 1. The predicted octanol–water partition coefficient (Wildman–Crippen LogP) is 3.43. The summed E-state index contributed by atoms with van der Waals surface area (Å²) in [5.41, 5.74) is 11.3. The number of methoxy groups -OCH3 is 2. The summed E-state index contributed by atoms with van der Waals surface area (Å²) in [4.78, 5) is 40.9. The van der Waals surface area contributed by atoms with E-state index in [2.05, 4.69) is 9.69 Å². The average molecular weight is 542 g/mol. The molecule has 12 heteroatoms. The molecule has 0 bridgehead atoms. The summed E-state index contributed by atoms with van der Waals surface area (Å²) in [7, 11) is 2.91. The fraction of sp³-hybridized carbons (Fsp3) is 0.308. The molecule has 38 heavy (non-hydrogen) atoms. The number of halogens is 1. The van der Waals surface area contributed by atoms with Gasteiger partial charge in [0.05, 0.1) is 19.9 Å². The second-order valence-electron chi connectivity index (χ2n) is 8.79. The number of benzene rings is 2. The Morgan fingerprint density at radius 1 is 1.13 bits per heavy atom. The molecule has 3 amide bonds. The highest BCUT2D eigenvalue weighted by atomic mass is 32.1. The Hall–Kier alpha value is -4.19. The molecule has 0 saturated heterocycles. The summed E-state index contributed by atoms with van der Waals surface area (Å²) in [6, 6.07) is 8.72. The molecule has 10 nitrogen and oxygen atoms in total. The van der Waals surface area contributed by atoms with Gasteiger partial charge in [0.1, 0.15) is 28.2 Å². The van der Waals surface area contributed by atoms with E-state index in [1.165, 1.54) is 32.4 Å². The highest BCUT2D eigenvalue weighted by Gasteiger charge is 2.39. The van der Waals surface area contributed by atoms with Crippen molar-refractivity contribution in [2.75, 3.05) is 24.9 Å². The maximum absolute atomic E-state index is 14.5.